The number of rotatable bonds is 8. The van der Waals surface area contributed by atoms with Crippen LogP contribution in [0.25, 0.3) is 0 Å². The van der Waals surface area contributed by atoms with Crippen molar-refractivity contribution in [2.24, 2.45) is 0 Å². The standard InChI is InChI=1S/C15H25NO2/c1-5-7-13(6-2)16-11-12-8-14(17-3)10-15(9-12)18-4/h8-10,13,16H,5-7,11H2,1-4H3. The molecule has 18 heavy (non-hydrogen) atoms. The molecule has 0 amide bonds. The monoisotopic (exact) mass is 251 g/mol. The summed E-state index contributed by atoms with van der Waals surface area (Å²) in [7, 11) is 3.36. The second kappa shape index (κ2) is 7.98. The molecule has 1 N–H and O–H groups in total. The van der Waals surface area contributed by atoms with Gasteiger partial charge in [0.1, 0.15) is 11.5 Å². The summed E-state index contributed by atoms with van der Waals surface area (Å²) in [6.07, 6.45) is 3.60. The lowest BCUT2D eigenvalue weighted by Crippen LogP contribution is -2.27. The van der Waals surface area contributed by atoms with Crippen molar-refractivity contribution in [3.63, 3.8) is 0 Å². The highest BCUT2D eigenvalue weighted by Gasteiger charge is 2.06. The summed E-state index contributed by atoms with van der Waals surface area (Å²) in [6.45, 7) is 5.30. The maximum Gasteiger partial charge on any atom is 0.122 e. The van der Waals surface area contributed by atoms with E-state index in [-0.39, 0.29) is 0 Å². The summed E-state index contributed by atoms with van der Waals surface area (Å²) >= 11 is 0. The van der Waals surface area contributed by atoms with Crippen molar-refractivity contribution in [1.82, 2.24) is 5.32 Å². The number of ether oxygens (including phenoxy) is 2. The van der Waals surface area contributed by atoms with Gasteiger partial charge in [0, 0.05) is 18.7 Å². The molecule has 1 rings (SSSR count). The second-order valence-corrected chi connectivity index (χ2v) is 4.50. The lowest BCUT2D eigenvalue weighted by Gasteiger charge is -2.16. The summed E-state index contributed by atoms with van der Waals surface area (Å²) < 4.78 is 10.5. The molecule has 0 spiro atoms. The fraction of sp³-hybridized carbons (Fsp3) is 0.600. The van der Waals surface area contributed by atoms with Crippen molar-refractivity contribution >= 4 is 0 Å². The van der Waals surface area contributed by atoms with Gasteiger partial charge in [0.2, 0.25) is 0 Å². The van der Waals surface area contributed by atoms with Crippen LogP contribution in [-0.4, -0.2) is 20.3 Å². The minimum absolute atomic E-state index is 0.590. The molecule has 1 aromatic carbocycles. The number of hydrogen-bond acceptors (Lipinski definition) is 3. The predicted octanol–water partition coefficient (Wildman–Crippen LogP) is 3.37. The van der Waals surface area contributed by atoms with Gasteiger partial charge in [0.05, 0.1) is 14.2 Å². The van der Waals surface area contributed by atoms with Crippen LogP contribution >= 0.6 is 0 Å². The van der Waals surface area contributed by atoms with E-state index in [1.165, 1.54) is 18.4 Å². The van der Waals surface area contributed by atoms with E-state index < -0.39 is 0 Å². The summed E-state index contributed by atoms with van der Waals surface area (Å²) in [4.78, 5) is 0. The number of nitrogens with one attached hydrogen (secondary N) is 1. The van der Waals surface area contributed by atoms with E-state index in [4.69, 9.17) is 9.47 Å². The van der Waals surface area contributed by atoms with Gasteiger partial charge in [-0.15, -0.1) is 0 Å². The SMILES string of the molecule is CCCC(CC)NCc1cc(OC)cc(OC)c1. The van der Waals surface area contributed by atoms with Crippen LogP contribution in [-0.2, 0) is 6.54 Å². The molecule has 3 nitrogen and oxygen atoms in total. The van der Waals surface area contributed by atoms with Gasteiger partial charge in [-0.05, 0) is 30.5 Å². The molecule has 3 heteroatoms. The van der Waals surface area contributed by atoms with Crippen molar-refractivity contribution < 1.29 is 9.47 Å². The highest BCUT2D eigenvalue weighted by Crippen LogP contribution is 2.22. The van der Waals surface area contributed by atoms with Crippen LogP contribution in [0.15, 0.2) is 18.2 Å². The fourth-order valence-corrected chi connectivity index (χ4v) is 2.03. The van der Waals surface area contributed by atoms with Gasteiger partial charge < -0.3 is 14.8 Å². The van der Waals surface area contributed by atoms with Crippen LogP contribution in [0, 0.1) is 0 Å². The first kappa shape index (κ1) is 14.8. The summed E-state index contributed by atoms with van der Waals surface area (Å²) in [6, 6.07) is 6.59. The van der Waals surface area contributed by atoms with Crippen LogP contribution in [0.5, 0.6) is 11.5 Å². The second-order valence-electron chi connectivity index (χ2n) is 4.50. The molecular formula is C15H25NO2. The van der Waals surface area contributed by atoms with E-state index in [1.54, 1.807) is 14.2 Å². The van der Waals surface area contributed by atoms with Gasteiger partial charge in [-0.25, -0.2) is 0 Å². The molecule has 1 atom stereocenters. The number of methoxy groups -OCH3 is 2. The van der Waals surface area contributed by atoms with Gasteiger partial charge in [0.15, 0.2) is 0 Å². The lowest BCUT2D eigenvalue weighted by atomic mass is 10.1. The largest absolute Gasteiger partial charge is 0.497 e. The zero-order valence-electron chi connectivity index (χ0n) is 12.0. The molecule has 0 aliphatic carbocycles. The Morgan fingerprint density at radius 3 is 2.11 bits per heavy atom. The third-order valence-electron chi connectivity index (χ3n) is 3.14. The number of benzene rings is 1. The molecule has 1 aromatic rings. The van der Waals surface area contributed by atoms with Gasteiger partial charge in [-0.1, -0.05) is 20.3 Å². The van der Waals surface area contributed by atoms with Crippen molar-refractivity contribution in [3.8, 4) is 11.5 Å². The highest BCUT2D eigenvalue weighted by molar-refractivity contribution is 5.38. The van der Waals surface area contributed by atoms with Crippen LogP contribution < -0.4 is 14.8 Å². The molecule has 0 radical (unpaired) electrons. The Labute approximate surface area is 110 Å². The van der Waals surface area contributed by atoms with Crippen LogP contribution in [0.2, 0.25) is 0 Å². The van der Waals surface area contributed by atoms with Gasteiger partial charge in [0.25, 0.3) is 0 Å². The first-order chi connectivity index (χ1) is 8.73. The van der Waals surface area contributed by atoms with Gasteiger partial charge >= 0.3 is 0 Å². The van der Waals surface area contributed by atoms with Crippen LogP contribution in [0.1, 0.15) is 38.7 Å². The minimum Gasteiger partial charge on any atom is -0.497 e. The molecule has 1 unspecified atom stereocenters. The Bertz CT molecular complexity index is 330. The topological polar surface area (TPSA) is 30.5 Å². The molecule has 0 saturated heterocycles. The van der Waals surface area contributed by atoms with E-state index in [1.807, 2.05) is 18.2 Å². The number of hydrogen-bond donors (Lipinski definition) is 1. The summed E-state index contributed by atoms with van der Waals surface area (Å²) in [5, 5.41) is 3.58. The Morgan fingerprint density at radius 1 is 1.06 bits per heavy atom. The molecule has 0 aliphatic rings. The molecule has 0 saturated carbocycles. The van der Waals surface area contributed by atoms with E-state index in [0.29, 0.717) is 6.04 Å². The van der Waals surface area contributed by atoms with Gasteiger partial charge in [-0.3, -0.25) is 0 Å². The molecule has 0 bridgehead atoms. The zero-order valence-corrected chi connectivity index (χ0v) is 12.0. The first-order valence-electron chi connectivity index (χ1n) is 6.68. The van der Waals surface area contributed by atoms with E-state index in [9.17, 15) is 0 Å². The van der Waals surface area contributed by atoms with Crippen molar-refractivity contribution in [2.75, 3.05) is 14.2 Å². The Hall–Kier alpha value is -1.22. The summed E-state index contributed by atoms with van der Waals surface area (Å²) in [5.74, 6) is 1.68. The van der Waals surface area contributed by atoms with Crippen molar-refractivity contribution in [3.05, 3.63) is 23.8 Å². The Morgan fingerprint density at radius 2 is 1.67 bits per heavy atom. The summed E-state index contributed by atoms with van der Waals surface area (Å²) in [5.41, 5.74) is 1.20. The molecule has 0 fully saturated rings. The van der Waals surface area contributed by atoms with Crippen molar-refractivity contribution in [1.29, 1.82) is 0 Å². The Balaban J connectivity index is 2.65. The minimum atomic E-state index is 0.590. The lowest BCUT2D eigenvalue weighted by molar-refractivity contribution is 0.392. The first-order valence-corrected chi connectivity index (χ1v) is 6.68. The fourth-order valence-electron chi connectivity index (χ4n) is 2.03. The van der Waals surface area contributed by atoms with Crippen molar-refractivity contribution in [2.45, 2.75) is 45.7 Å². The molecule has 0 heterocycles. The van der Waals surface area contributed by atoms with E-state index in [2.05, 4.69) is 19.2 Å². The zero-order chi connectivity index (χ0) is 13.4. The molecular weight excluding hydrogens is 226 g/mol. The van der Waals surface area contributed by atoms with Gasteiger partial charge in [-0.2, -0.15) is 0 Å². The normalized spacial score (nSPS) is 12.2. The quantitative estimate of drug-likeness (QED) is 0.768. The maximum atomic E-state index is 5.27. The Kier molecular flexibility index (Phi) is 6.58. The predicted molar refractivity (Wildman–Crippen MR) is 75.4 cm³/mol. The smallest absolute Gasteiger partial charge is 0.122 e. The highest BCUT2D eigenvalue weighted by atomic mass is 16.5. The molecule has 0 aromatic heterocycles. The van der Waals surface area contributed by atoms with Crippen LogP contribution in [0.3, 0.4) is 0 Å². The maximum absolute atomic E-state index is 5.27. The third-order valence-corrected chi connectivity index (χ3v) is 3.14. The van der Waals surface area contributed by atoms with Crippen LogP contribution in [0.4, 0.5) is 0 Å². The third kappa shape index (κ3) is 4.57. The molecule has 102 valence electrons. The van der Waals surface area contributed by atoms with E-state index in [0.717, 1.165) is 24.5 Å². The molecule has 0 aliphatic heterocycles. The average Bonchev–Trinajstić information content (AvgIpc) is 2.42. The average molecular weight is 251 g/mol. The van der Waals surface area contributed by atoms with E-state index >= 15 is 0 Å².